The van der Waals surface area contributed by atoms with E-state index in [9.17, 15) is 8.42 Å². The summed E-state index contributed by atoms with van der Waals surface area (Å²) in [4.78, 5) is 0.132. The normalized spacial score (nSPS) is 16.7. The van der Waals surface area contributed by atoms with Gasteiger partial charge in [-0.1, -0.05) is 71.2 Å². The summed E-state index contributed by atoms with van der Waals surface area (Å²) in [5.74, 6) is -0.240. The van der Waals surface area contributed by atoms with Gasteiger partial charge in [0.05, 0.1) is 27.2 Å². The molecule has 4 nitrogen and oxygen atoms in total. The smallest absolute Gasteiger partial charge is 0.200 e. The molecule has 8 heteroatoms. The van der Waals surface area contributed by atoms with Gasteiger partial charge in [0, 0.05) is 16.5 Å². The first-order chi connectivity index (χ1) is 13.9. The first-order valence-corrected chi connectivity index (χ1v) is 11.3. The molecule has 0 spiro atoms. The maximum absolute atomic E-state index is 13.1. The molecular formula is C21H15Cl3N2O2S. The van der Waals surface area contributed by atoms with Gasteiger partial charge in [0.2, 0.25) is 0 Å². The number of rotatable bonds is 4. The highest BCUT2D eigenvalue weighted by molar-refractivity contribution is 7.89. The van der Waals surface area contributed by atoms with Crippen LogP contribution in [0.15, 0.2) is 82.8 Å². The van der Waals surface area contributed by atoms with Crippen molar-refractivity contribution < 1.29 is 8.42 Å². The van der Waals surface area contributed by atoms with Crippen molar-refractivity contribution in [3.05, 3.63) is 99.0 Å². The molecule has 0 fully saturated rings. The van der Waals surface area contributed by atoms with Gasteiger partial charge in [0.1, 0.15) is 0 Å². The Morgan fingerprint density at radius 3 is 2.21 bits per heavy atom. The monoisotopic (exact) mass is 464 g/mol. The lowest BCUT2D eigenvalue weighted by Gasteiger charge is -2.17. The first kappa shape index (κ1) is 20.2. The molecule has 148 valence electrons. The van der Waals surface area contributed by atoms with Crippen LogP contribution in [-0.2, 0) is 10.0 Å². The highest BCUT2D eigenvalue weighted by atomic mass is 35.5. The molecule has 0 saturated heterocycles. The fourth-order valence-corrected chi connectivity index (χ4v) is 4.90. The lowest BCUT2D eigenvalue weighted by atomic mass is 9.91. The third-order valence-corrected chi connectivity index (χ3v) is 7.34. The molecule has 1 aliphatic rings. The van der Waals surface area contributed by atoms with Crippen molar-refractivity contribution in [2.75, 3.05) is 6.54 Å². The van der Waals surface area contributed by atoms with Crippen LogP contribution in [0.4, 0.5) is 0 Å². The Bertz CT molecular complexity index is 1180. The first-order valence-electron chi connectivity index (χ1n) is 8.73. The molecule has 0 radical (unpaired) electrons. The van der Waals surface area contributed by atoms with Gasteiger partial charge in [-0.25, -0.2) is 0 Å². The highest BCUT2D eigenvalue weighted by Gasteiger charge is 2.36. The van der Waals surface area contributed by atoms with E-state index in [4.69, 9.17) is 34.8 Å². The second-order valence-electron chi connectivity index (χ2n) is 6.54. The minimum atomic E-state index is -3.83. The lowest BCUT2D eigenvalue weighted by Crippen LogP contribution is -2.26. The second-order valence-corrected chi connectivity index (χ2v) is 9.64. The zero-order valence-corrected chi connectivity index (χ0v) is 18.1. The van der Waals surface area contributed by atoms with Crippen LogP contribution in [0.3, 0.4) is 0 Å². The summed E-state index contributed by atoms with van der Waals surface area (Å²) < 4.78 is 27.4. The van der Waals surface area contributed by atoms with Crippen molar-refractivity contribution in [3.8, 4) is 0 Å². The second kappa shape index (κ2) is 8.00. The molecule has 1 unspecified atom stereocenters. The van der Waals surface area contributed by atoms with Crippen molar-refractivity contribution in [2.24, 2.45) is 5.10 Å². The van der Waals surface area contributed by atoms with Crippen LogP contribution in [-0.4, -0.2) is 25.1 Å². The molecular weight excluding hydrogens is 451 g/mol. The fraction of sp³-hybridized carbons (Fsp3) is 0.0952. The number of nitrogens with zero attached hydrogens (tertiary/aromatic N) is 2. The van der Waals surface area contributed by atoms with Crippen molar-refractivity contribution in [2.45, 2.75) is 10.8 Å². The number of benzene rings is 3. The van der Waals surface area contributed by atoms with Gasteiger partial charge in [-0.3, -0.25) is 0 Å². The van der Waals surface area contributed by atoms with Crippen molar-refractivity contribution in [3.63, 3.8) is 0 Å². The van der Waals surface area contributed by atoms with Crippen LogP contribution >= 0.6 is 34.8 Å². The van der Waals surface area contributed by atoms with Gasteiger partial charge < -0.3 is 0 Å². The van der Waals surface area contributed by atoms with Crippen LogP contribution in [0.1, 0.15) is 17.0 Å². The van der Waals surface area contributed by atoms with E-state index in [0.717, 1.165) is 15.5 Å². The minimum Gasteiger partial charge on any atom is -0.200 e. The molecule has 4 rings (SSSR count). The molecule has 3 aromatic rings. The molecule has 0 saturated carbocycles. The Morgan fingerprint density at radius 2 is 1.55 bits per heavy atom. The van der Waals surface area contributed by atoms with E-state index in [1.54, 1.807) is 30.3 Å². The summed E-state index contributed by atoms with van der Waals surface area (Å²) in [5, 5.41) is 5.76. The Balaban J connectivity index is 1.79. The molecule has 1 atom stereocenters. The molecule has 29 heavy (non-hydrogen) atoms. The predicted molar refractivity (Wildman–Crippen MR) is 118 cm³/mol. The van der Waals surface area contributed by atoms with E-state index in [0.29, 0.717) is 20.8 Å². The van der Waals surface area contributed by atoms with Gasteiger partial charge in [-0.15, -0.1) is 0 Å². The zero-order valence-electron chi connectivity index (χ0n) is 15.0. The van der Waals surface area contributed by atoms with E-state index in [1.807, 2.05) is 30.3 Å². The van der Waals surface area contributed by atoms with Crippen LogP contribution in [0.2, 0.25) is 15.1 Å². The van der Waals surface area contributed by atoms with Gasteiger partial charge in [0.25, 0.3) is 10.0 Å². The zero-order chi connectivity index (χ0) is 20.6. The molecule has 0 N–H and O–H groups in total. The quantitative estimate of drug-likeness (QED) is 0.486. The predicted octanol–water partition coefficient (Wildman–Crippen LogP) is 5.84. The molecule has 1 heterocycles. The summed E-state index contributed by atoms with van der Waals surface area (Å²) in [6.45, 7) is 0.185. The van der Waals surface area contributed by atoms with Crippen LogP contribution in [0.5, 0.6) is 0 Å². The molecule has 0 amide bonds. The van der Waals surface area contributed by atoms with Gasteiger partial charge >= 0.3 is 0 Å². The molecule has 1 aliphatic heterocycles. The van der Waals surface area contributed by atoms with E-state index < -0.39 is 10.0 Å². The van der Waals surface area contributed by atoms with Gasteiger partial charge in [-0.2, -0.15) is 17.9 Å². The fourth-order valence-electron chi connectivity index (χ4n) is 3.22. The maximum atomic E-state index is 13.1. The number of hydrogen-bond acceptors (Lipinski definition) is 3. The van der Waals surface area contributed by atoms with Crippen LogP contribution < -0.4 is 0 Å². The summed E-state index contributed by atoms with van der Waals surface area (Å²) >= 11 is 18.1. The Labute approximate surface area is 184 Å². The molecule has 0 aliphatic carbocycles. The topological polar surface area (TPSA) is 49.7 Å². The van der Waals surface area contributed by atoms with Crippen molar-refractivity contribution in [1.82, 2.24) is 4.41 Å². The number of halogens is 3. The van der Waals surface area contributed by atoms with Crippen molar-refractivity contribution in [1.29, 1.82) is 0 Å². The number of sulfonamides is 1. The summed E-state index contributed by atoms with van der Waals surface area (Å²) in [6, 6.07) is 20.9. The van der Waals surface area contributed by atoms with Crippen molar-refractivity contribution >= 4 is 50.5 Å². The third kappa shape index (κ3) is 4.01. The number of hydrazone groups is 1. The third-order valence-electron chi connectivity index (χ3n) is 4.69. The van der Waals surface area contributed by atoms with Gasteiger partial charge in [-0.05, 0) is 42.0 Å². The highest BCUT2D eigenvalue weighted by Crippen LogP contribution is 2.34. The molecule has 0 aromatic heterocycles. The average Bonchev–Trinajstić information content (AvgIpc) is 3.17. The standard InChI is InChI=1S/C21H15Cl3N2O2S/c22-16-7-9-17(10-8-16)29(27,28)26-13-18(14-4-2-1-3-5-14)21(25-26)15-6-11-19(23)20(24)12-15/h1-12,18H,13H2. The Morgan fingerprint density at radius 1 is 0.862 bits per heavy atom. The SMILES string of the molecule is O=S(=O)(c1ccc(Cl)cc1)N1CC(c2ccccc2)C(c2ccc(Cl)c(Cl)c2)=N1. The summed E-state index contributed by atoms with van der Waals surface area (Å²) in [6.07, 6.45) is 0. The molecule has 3 aromatic carbocycles. The van der Waals surface area contributed by atoms with Crippen LogP contribution in [0, 0.1) is 0 Å². The summed E-state index contributed by atoms with van der Waals surface area (Å²) in [5.41, 5.74) is 2.31. The summed E-state index contributed by atoms with van der Waals surface area (Å²) in [7, 11) is -3.83. The Kier molecular flexibility index (Phi) is 5.58. The van der Waals surface area contributed by atoms with Gasteiger partial charge in [0.15, 0.2) is 0 Å². The lowest BCUT2D eigenvalue weighted by molar-refractivity contribution is 0.451. The van der Waals surface area contributed by atoms with E-state index in [2.05, 4.69) is 5.10 Å². The maximum Gasteiger partial charge on any atom is 0.279 e. The Hall–Kier alpha value is -2.05. The van der Waals surface area contributed by atoms with E-state index in [1.165, 1.54) is 12.1 Å². The van der Waals surface area contributed by atoms with Crippen LogP contribution in [0.25, 0.3) is 0 Å². The number of hydrogen-bond donors (Lipinski definition) is 0. The van der Waals surface area contributed by atoms with E-state index >= 15 is 0 Å². The van der Waals surface area contributed by atoms with E-state index in [-0.39, 0.29) is 17.4 Å². The average molecular weight is 466 g/mol. The molecule has 0 bridgehead atoms. The minimum absolute atomic E-state index is 0.132. The largest absolute Gasteiger partial charge is 0.279 e.